The molecule has 0 saturated carbocycles. The number of nitrogens with zero attached hydrogens (tertiary/aromatic N) is 1. The quantitative estimate of drug-likeness (QED) is 0.846. The summed E-state index contributed by atoms with van der Waals surface area (Å²) < 4.78 is 11.1. The van der Waals surface area contributed by atoms with E-state index in [1.54, 1.807) is 6.07 Å². The topological polar surface area (TPSA) is 76.2 Å². The minimum Gasteiger partial charge on any atom is -0.373 e. The van der Waals surface area contributed by atoms with Crippen LogP contribution in [0, 0.1) is 0 Å². The number of hydrogen-bond acceptors (Lipinski definition) is 5. The zero-order valence-corrected chi connectivity index (χ0v) is 11.1. The van der Waals surface area contributed by atoms with Gasteiger partial charge in [0.25, 0.3) is 5.56 Å². The molecule has 106 valence electrons. The van der Waals surface area contributed by atoms with E-state index in [0.717, 1.165) is 13.1 Å². The maximum absolute atomic E-state index is 11.9. The molecule has 1 atom stereocenters. The molecule has 2 N–H and O–H groups in total. The van der Waals surface area contributed by atoms with Crippen molar-refractivity contribution in [1.82, 2.24) is 15.3 Å². The third-order valence-corrected chi connectivity index (χ3v) is 3.21. The fraction of sp³-hybridized carbons (Fsp3) is 0.429. The molecule has 0 aliphatic carbocycles. The lowest BCUT2D eigenvalue weighted by atomic mass is 10.2. The summed E-state index contributed by atoms with van der Waals surface area (Å²) in [6, 6.07) is 7.26. The zero-order valence-electron chi connectivity index (χ0n) is 11.1. The van der Waals surface area contributed by atoms with Crippen LogP contribution in [0.5, 0.6) is 0 Å². The average Bonchev–Trinajstić information content (AvgIpc) is 2.48. The summed E-state index contributed by atoms with van der Waals surface area (Å²) in [5, 5.41) is 3.83. The normalized spacial score (nSPS) is 19.3. The smallest absolute Gasteiger partial charge is 0.258 e. The highest BCUT2D eigenvalue weighted by atomic mass is 16.5. The first-order chi connectivity index (χ1) is 9.83. The fourth-order valence-electron chi connectivity index (χ4n) is 2.22. The fourth-order valence-corrected chi connectivity index (χ4v) is 2.22. The molecule has 0 amide bonds. The molecular weight excluding hydrogens is 258 g/mol. The Balaban J connectivity index is 1.64. The summed E-state index contributed by atoms with van der Waals surface area (Å²) in [5.41, 5.74) is 0.551. The summed E-state index contributed by atoms with van der Waals surface area (Å²) in [5.74, 6) is 0.539. The third-order valence-electron chi connectivity index (χ3n) is 3.21. The molecule has 2 heterocycles. The molecule has 6 nitrogen and oxygen atoms in total. The van der Waals surface area contributed by atoms with Gasteiger partial charge in [-0.1, -0.05) is 12.1 Å². The molecule has 1 fully saturated rings. The van der Waals surface area contributed by atoms with Gasteiger partial charge in [-0.25, -0.2) is 4.98 Å². The molecule has 0 spiro atoms. The van der Waals surface area contributed by atoms with Gasteiger partial charge in [-0.3, -0.25) is 4.79 Å². The molecule has 20 heavy (non-hydrogen) atoms. The molecule has 0 radical (unpaired) electrons. The second-order valence-electron chi connectivity index (χ2n) is 4.74. The van der Waals surface area contributed by atoms with Gasteiger partial charge in [0, 0.05) is 13.1 Å². The van der Waals surface area contributed by atoms with E-state index in [-0.39, 0.29) is 18.3 Å². The van der Waals surface area contributed by atoms with Crippen molar-refractivity contribution in [3.05, 3.63) is 40.4 Å². The summed E-state index contributed by atoms with van der Waals surface area (Å²) in [6.45, 7) is 3.15. The SMILES string of the molecule is O=c1[nH]c(COCC2CNCCO2)nc2ccccc12. The second kappa shape index (κ2) is 6.13. The Labute approximate surface area is 116 Å². The maximum atomic E-state index is 11.9. The van der Waals surface area contributed by atoms with Gasteiger partial charge in [0.1, 0.15) is 12.4 Å². The van der Waals surface area contributed by atoms with E-state index < -0.39 is 0 Å². The van der Waals surface area contributed by atoms with Crippen molar-refractivity contribution >= 4 is 10.9 Å². The highest BCUT2D eigenvalue weighted by molar-refractivity contribution is 5.77. The van der Waals surface area contributed by atoms with Crippen LogP contribution in [0.25, 0.3) is 10.9 Å². The van der Waals surface area contributed by atoms with Gasteiger partial charge < -0.3 is 19.8 Å². The van der Waals surface area contributed by atoms with Crippen LogP contribution in [-0.2, 0) is 16.1 Å². The van der Waals surface area contributed by atoms with E-state index in [2.05, 4.69) is 15.3 Å². The molecule has 6 heteroatoms. The van der Waals surface area contributed by atoms with E-state index in [0.29, 0.717) is 29.9 Å². The Morgan fingerprint density at radius 1 is 1.40 bits per heavy atom. The predicted octanol–water partition coefficient (Wildman–Crippen LogP) is 0.428. The van der Waals surface area contributed by atoms with Gasteiger partial charge in [-0.05, 0) is 12.1 Å². The van der Waals surface area contributed by atoms with Crippen LogP contribution in [0.4, 0.5) is 0 Å². The van der Waals surface area contributed by atoms with Crippen molar-refractivity contribution < 1.29 is 9.47 Å². The first-order valence-corrected chi connectivity index (χ1v) is 6.71. The van der Waals surface area contributed by atoms with E-state index in [1.165, 1.54) is 0 Å². The first kappa shape index (κ1) is 13.2. The number of H-pyrrole nitrogens is 1. The van der Waals surface area contributed by atoms with Crippen LogP contribution in [0.2, 0.25) is 0 Å². The van der Waals surface area contributed by atoms with Crippen molar-refractivity contribution in [1.29, 1.82) is 0 Å². The lowest BCUT2D eigenvalue weighted by Crippen LogP contribution is -2.41. The zero-order chi connectivity index (χ0) is 13.8. The number of para-hydroxylation sites is 1. The van der Waals surface area contributed by atoms with Gasteiger partial charge in [0.15, 0.2) is 0 Å². The Morgan fingerprint density at radius 3 is 3.15 bits per heavy atom. The number of morpholine rings is 1. The molecule has 1 aliphatic heterocycles. The van der Waals surface area contributed by atoms with Crippen LogP contribution in [0.3, 0.4) is 0 Å². The van der Waals surface area contributed by atoms with Crippen LogP contribution < -0.4 is 10.9 Å². The largest absolute Gasteiger partial charge is 0.373 e. The van der Waals surface area contributed by atoms with Crippen LogP contribution in [0.1, 0.15) is 5.82 Å². The van der Waals surface area contributed by atoms with Crippen molar-refractivity contribution in [3.63, 3.8) is 0 Å². The summed E-state index contributed by atoms with van der Waals surface area (Å²) in [7, 11) is 0. The third kappa shape index (κ3) is 3.04. The van der Waals surface area contributed by atoms with Crippen molar-refractivity contribution in [2.75, 3.05) is 26.3 Å². The molecule has 1 unspecified atom stereocenters. The highest BCUT2D eigenvalue weighted by Gasteiger charge is 2.13. The van der Waals surface area contributed by atoms with Crippen LogP contribution >= 0.6 is 0 Å². The molecule has 1 aromatic carbocycles. The van der Waals surface area contributed by atoms with Crippen molar-refractivity contribution in [2.24, 2.45) is 0 Å². The lowest BCUT2D eigenvalue weighted by molar-refractivity contribution is -0.0368. The standard InChI is InChI=1S/C14H17N3O3/c18-14-11-3-1-2-4-12(11)16-13(17-14)9-19-8-10-7-15-5-6-20-10/h1-4,10,15H,5-9H2,(H,16,17,18). The predicted molar refractivity (Wildman–Crippen MR) is 74.6 cm³/mol. The van der Waals surface area contributed by atoms with Crippen molar-refractivity contribution in [3.8, 4) is 0 Å². The molecule has 1 aromatic heterocycles. The first-order valence-electron chi connectivity index (χ1n) is 6.71. The minimum absolute atomic E-state index is 0.0657. The van der Waals surface area contributed by atoms with Crippen LogP contribution in [-0.4, -0.2) is 42.4 Å². The monoisotopic (exact) mass is 275 g/mol. The van der Waals surface area contributed by atoms with Crippen molar-refractivity contribution in [2.45, 2.75) is 12.7 Å². The van der Waals surface area contributed by atoms with E-state index in [9.17, 15) is 4.79 Å². The van der Waals surface area contributed by atoms with Gasteiger partial charge in [0.2, 0.25) is 0 Å². The molecule has 3 rings (SSSR count). The number of nitrogens with one attached hydrogen (secondary N) is 2. The van der Waals surface area contributed by atoms with Gasteiger partial charge >= 0.3 is 0 Å². The summed E-state index contributed by atoms with van der Waals surface area (Å²) >= 11 is 0. The van der Waals surface area contributed by atoms with Gasteiger partial charge in [0.05, 0.1) is 30.2 Å². The number of benzene rings is 1. The van der Waals surface area contributed by atoms with Gasteiger partial charge in [-0.15, -0.1) is 0 Å². The Kier molecular flexibility index (Phi) is 4.05. The second-order valence-corrected chi connectivity index (χ2v) is 4.74. The Morgan fingerprint density at radius 2 is 2.30 bits per heavy atom. The number of fused-ring (bicyclic) bond motifs is 1. The number of rotatable bonds is 4. The summed E-state index contributed by atoms with van der Waals surface area (Å²) in [6.07, 6.45) is 0.0657. The number of ether oxygens (including phenoxy) is 2. The molecular formula is C14H17N3O3. The number of hydrogen-bond donors (Lipinski definition) is 2. The molecule has 2 aromatic rings. The minimum atomic E-state index is -0.134. The van der Waals surface area contributed by atoms with Crippen LogP contribution in [0.15, 0.2) is 29.1 Å². The highest BCUT2D eigenvalue weighted by Crippen LogP contribution is 2.06. The Hall–Kier alpha value is -1.76. The van der Waals surface area contributed by atoms with E-state index >= 15 is 0 Å². The van der Waals surface area contributed by atoms with E-state index in [4.69, 9.17) is 9.47 Å². The lowest BCUT2D eigenvalue weighted by Gasteiger charge is -2.23. The Bertz CT molecular complexity index is 635. The van der Waals surface area contributed by atoms with Gasteiger partial charge in [-0.2, -0.15) is 0 Å². The number of aromatic nitrogens is 2. The average molecular weight is 275 g/mol. The molecule has 1 saturated heterocycles. The maximum Gasteiger partial charge on any atom is 0.258 e. The van der Waals surface area contributed by atoms with E-state index in [1.807, 2.05) is 18.2 Å². The number of aromatic amines is 1. The molecule has 0 bridgehead atoms. The summed E-state index contributed by atoms with van der Waals surface area (Å²) in [4.78, 5) is 19.0. The molecule has 1 aliphatic rings.